The minimum Gasteiger partial charge on any atom is -0.508 e. The number of phenols is 1. The lowest BCUT2D eigenvalue weighted by Crippen LogP contribution is -2.25. The van der Waals surface area contributed by atoms with Gasteiger partial charge in [0.1, 0.15) is 5.75 Å². The fourth-order valence-electron chi connectivity index (χ4n) is 3.03. The summed E-state index contributed by atoms with van der Waals surface area (Å²) in [5.74, 6) is 0.174. The highest BCUT2D eigenvalue weighted by atomic mass is 16.3. The first-order valence-corrected chi connectivity index (χ1v) is 7.33. The van der Waals surface area contributed by atoms with Crippen molar-refractivity contribution >= 4 is 11.6 Å². The number of nitrogens with one attached hydrogen (secondary N) is 1. The molecule has 21 heavy (non-hydrogen) atoms. The van der Waals surface area contributed by atoms with Crippen LogP contribution in [0.1, 0.15) is 35.4 Å². The SMILES string of the molecule is Cc1cc(O)ccc1NC(=O)C1CCCc2ccccc21. The lowest BCUT2D eigenvalue weighted by Gasteiger charge is -2.25. The molecular formula is C18H19NO2. The third kappa shape index (κ3) is 2.77. The van der Waals surface area contributed by atoms with Gasteiger partial charge in [-0.2, -0.15) is 0 Å². The van der Waals surface area contributed by atoms with Crippen LogP contribution in [0.15, 0.2) is 42.5 Å². The number of amides is 1. The van der Waals surface area contributed by atoms with Gasteiger partial charge in [-0.05, 0) is 61.1 Å². The van der Waals surface area contributed by atoms with E-state index in [1.165, 1.54) is 5.56 Å². The van der Waals surface area contributed by atoms with E-state index in [0.717, 1.165) is 36.1 Å². The van der Waals surface area contributed by atoms with E-state index in [0.29, 0.717) is 0 Å². The summed E-state index contributed by atoms with van der Waals surface area (Å²) in [5, 5.41) is 12.4. The Balaban J connectivity index is 1.83. The van der Waals surface area contributed by atoms with Crippen LogP contribution in [0.5, 0.6) is 5.75 Å². The third-order valence-electron chi connectivity index (χ3n) is 4.15. The van der Waals surface area contributed by atoms with E-state index in [4.69, 9.17) is 0 Å². The molecule has 0 fully saturated rings. The normalized spacial score (nSPS) is 17.1. The van der Waals surface area contributed by atoms with Crippen LogP contribution in [0.3, 0.4) is 0 Å². The van der Waals surface area contributed by atoms with Gasteiger partial charge in [-0.1, -0.05) is 24.3 Å². The standard InChI is InChI=1S/C18H19NO2/c1-12-11-14(20)9-10-17(12)19-18(21)16-8-4-6-13-5-2-3-7-15(13)16/h2-3,5,7,9-11,16,20H,4,6,8H2,1H3,(H,19,21). The van der Waals surface area contributed by atoms with Gasteiger partial charge in [0.15, 0.2) is 0 Å². The molecule has 0 heterocycles. The molecule has 0 radical (unpaired) electrons. The van der Waals surface area contributed by atoms with Gasteiger partial charge in [0.05, 0.1) is 5.92 Å². The maximum atomic E-state index is 12.6. The van der Waals surface area contributed by atoms with Crippen LogP contribution in [0, 0.1) is 6.92 Å². The van der Waals surface area contributed by atoms with Crippen LogP contribution in [0.25, 0.3) is 0 Å². The molecule has 0 saturated heterocycles. The molecule has 0 saturated carbocycles. The first-order valence-electron chi connectivity index (χ1n) is 7.33. The van der Waals surface area contributed by atoms with Gasteiger partial charge in [0, 0.05) is 5.69 Å². The van der Waals surface area contributed by atoms with E-state index < -0.39 is 0 Å². The Kier molecular flexibility index (Phi) is 3.65. The second-order valence-corrected chi connectivity index (χ2v) is 5.63. The summed E-state index contributed by atoms with van der Waals surface area (Å²) in [5.41, 5.74) is 4.07. The van der Waals surface area contributed by atoms with Crippen molar-refractivity contribution in [1.82, 2.24) is 0 Å². The van der Waals surface area contributed by atoms with E-state index in [2.05, 4.69) is 17.4 Å². The predicted molar refractivity (Wildman–Crippen MR) is 83.6 cm³/mol. The van der Waals surface area contributed by atoms with Crippen molar-refractivity contribution < 1.29 is 9.90 Å². The van der Waals surface area contributed by atoms with Crippen LogP contribution in [0.4, 0.5) is 5.69 Å². The van der Waals surface area contributed by atoms with E-state index in [9.17, 15) is 9.90 Å². The van der Waals surface area contributed by atoms with Crippen molar-refractivity contribution in [1.29, 1.82) is 0 Å². The molecule has 1 aliphatic rings. The fraction of sp³-hybridized carbons (Fsp3) is 0.278. The van der Waals surface area contributed by atoms with Crippen LogP contribution in [-0.2, 0) is 11.2 Å². The van der Waals surface area contributed by atoms with E-state index in [-0.39, 0.29) is 17.6 Å². The Labute approximate surface area is 124 Å². The highest BCUT2D eigenvalue weighted by Gasteiger charge is 2.26. The molecule has 2 aromatic carbocycles. The van der Waals surface area contributed by atoms with E-state index >= 15 is 0 Å². The summed E-state index contributed by atoms with van der Waals surface area (Å²) in [4.78, 5) is 12.6. The number of benzene rings is 2. The number of carbonyl (C=O) groups is 1. The second kappa shape index (κ2) is 5.60. The molecule has 1 unspecified atom stereocenters. The molecule has 1 atom stereocenters. The molecule has 3 nitrogen and oxygen atoms in total. The topological polar surface area (TPSA) is 49.3 Å². The summed E-state index contributed by atoms with van der Waals surface area (Å²) >= 11 is 0. The van der Waals surface area contributed by atoms with Gasteiger partial charge in [0.25, 0.3) is 0 Å². The Morgan fingerprint density at radius 2 is 2.05 bits per heavy atom. The minimum absolute atomic E-state index is 0.0379. The molecule has 0 aliphatic heterocycles. The first kappa shape index (κ1) is 13.7. The molecule has 0 aromatic heterocycles. The Hall–Kier alpha value is -2.29. The summed E-state index contributed by atoms with van der Waals surface area (Å²) in [7, 11) is 0. The molecule has 2 N–H and O–H groups in total. The van der Waals surface area contributed by atoms with Gasteiger partial charge in [-0.15, -0.1) is 0 Å². The average molecular weight is 281 g/mol. The summed E-state index contributed by atoms with van der Waals surface area (Å²) in [6.07, 6.45) is 2.99. The Morgan fingerprint density at radius 3 is 2.86 bits per heavy atom. The number of fused-ring (bicyclic) bond motifs is 1. The zero-order valence-corrected chi connectivity index (χ0v) is 12.1. The second-order valence-electron chi connectivity index (χ2n) is 5.63. The van der Waals surface area contributed by atoms with Crippen molar-refractivity contribution in [3.05, 3.63) is 59.2 Å². The third-order valence-corrected chi connectivity index (χ3v) is 4.15. The molecule has 1 aliphatic carbocycles. The number of hydrogen-bond acceptors (Lipinski definition) is 2. The minimum atomic E-state index is -0.0804. The molecule has 2 aromatic rings. The highest BCUT2D eigenvalue weighted by molar-refractivity contribution is 5.96. The molecule has 1 amide bonds. The van der Waals surface area contributed by atoms with Gasteiger partial charge in [-0.3, -0.25) is 4.79 Å². The molecule has 108 valence electrons. The summed E-state index contributed by atoms with van der Waals surface area (Å²) in [6.45, 7) is 1.88. The van der Waals surface area contributed by atoms with Crippen molar-refractivity contribution in [2.75, 3.05) is 5.32 Å². The molecule has 3 rings (SSSR count). The van der Waals surface area contributed by atoms with Crippen LogP contribution in [0.2, 0.25) is 0 Å². The first-order chi connectivity index (χ1) is 10.1. The van der Waals surface area contributed by atoms with Gasteiger partial charge >= 0.3 is 0 Å². The number of hydrogen-bond donors (Lipinski definition) is 2. The highest BCUT2D eigenvalue weighted by Crippen LogP contribution is 2.32. The quantitative estimate of drug-likeness (QED) is 0.823. The monoisotopic (exact) mass is 281 g/mol. The van der Waals surface area contributed by atoms with Crippen molar-refractivity contribution in [3.8, 4) is 5.75 Å². The number of rotatable bonds is 2. The largest absolute Gasteiger partial charge is 0.508 e. The van der Waals surface area contributed by atoms with Crippen molar-refractivity contribution in [2.45, 2.75) is 32.1 Å². The maximum Gasteiger partial charge on any atom is 0.231 e. The van der Waals surface area contributed by atoms with Crippen LogP contribution in [-0.4, -0.2) is 11.0 Å². The number of aryl methyl sites for hydroxylation is 2. The van der Waals surface area contributed by atoms with Crippen LogP contribution >= 0.6 is 0 Å². The van der Waals surface area contributed by atoms with Crippen molar-refractivity contribution in [3.63, 3.8) is 0 Å². The van der Waals surface area contributed by atoms with Crippen LogP contribution < -0.4 is 5.32 Å². The lowest BCUT2D eigenvalue weighted by atomic mass is 9.82. The molecule has 0 spiro atoms. The maximum absolute atomic E-state index is 12.6. The van der Waals surface area contributed by atoms with Gasteiger partial charge in [0.2, 0.25) is 5.91 Å². The summed E-state index contributed by atoms with van der Waals surface area (Å²) < 4.78 is 0. The smallest absolute Gasteiger partial charge is 0.231 e. The molecule has 0 bridgehead atoms. The summed E-state index contributed by atoms with van der Waals surface area (Å²) in [6, 6.07) is 13.2. The number of phenolic OH excluding ortho intramolecular Hbond substituents is 1. The fourth-order valence-corrected chi connectivity index (χ4v) is 3.03. The van der Waals surface area contributed by atoms with Gasteiger partial charge in [-0.25, -0.2) is 0 Å². The average Bonchev–Trinajstić information content (AvgIpc) is 2.49. The zero-order valence-electron chi connectivity index (χ0n) is 12.1. The predicted octanol–water partition coefficient (Wildman–Crippen LogP) is 3.76. The Morgan fingerprint density at radius 1 is 1.24 bits per heavy atom. The van der Waals surface area contributed by atoms with E-state index in [1.54, 1.807) is 18.2 Å². The molecular weight excluding hydrogens is 262 g/mol. The number of aromatic hydroxyl groups is 1. The van der Waals surface area contributed by atoms with Crippen molar-refractivity contribution in [2.24, 2.45) is 0 Å². The lowest BCUT2D eigenvalue weighted by molar-refractivity contribution is -0.117. The zero-order chi connectivity index (χ0) is 14.8. The van der Waals surface area contributed by atoms with E-state index in [1.807, 2.05) is 19.1 Å². The van der Waals surface area contributed by atoms with Gasteiger partial charge < -0.3 is 10.4 Å². The number of anilines is 1. The molecule has 3 heteroatoms. The number of carbonyl (C=O) groups excluding carboxylic acids is 1. The Bertz CT molecular complexity index is 679.